The Bertz CT molecular complexity index is 362. The molecular weight excluding hydrogens is 274 g/mol. The fourth-order valence-electron chi connectivity index (χ4n) is 2.20. The lowest BCUT2D eigenvalue weighted by molar-refractivity contribution is -0.150. The second-order valence-corrected chi connectivity index (χ2v) is 4.79. The Labute approximate surface area is 117 Å². The van der Waals surface area contributed by atoms with Crippen molar-refractivity contribution in [1.82, 2.24) is 10.2 Å². The molecule has 0 aromatic carbocycles. The van der Waals surface area contributed by atoms with E-state index in [1.54, 1.807) is 14.1 Å². The van der Waals surface area contributed by atoms with Gasteiger partial charge < -0.3 is 21.1 Å². The van der Waals surface area contributed by atoms with E-state index in [0.29, 0.717) is 19.3 Å². The predicted molar refractivity (Wildman–Crippen MR) is 70.8 cm³/mol. The summed E-state index contributed by atoms with van der Waals surface area (Å²) in [4.78, 5) is 34.8. The van der Waals surface area contributed by atoms with Crippen LogP contribution in [0.1, 0.15) is 19.3 Å². The average Bonchev–Trinajstić information content (AvgIpc) is 2.30. The molecule has 1 aliphatic rings. The maximum Gasteiger partial charge on any atom is 0.394 e. The van der Waals surface area contributed by atoms with Crippen LogP contribution in [0.15, 0.2) is 0 Å². The summed E-state index contributed by atoms with van der Waals surface area (Å²) >= 11 is 0. The van der Waals surface area contributed by atoms with Crippen LogP contribution in [-0.2, 0) is 14.4 Å². The van der Waals surface area contributed by atoms with Gasteiger partial charge in [-0.15, -0.1) is 12.4 Å². The number of nitrogens with zero attached hydrogens (tertiary/aromatic N) is 1. The highest BCUT2D eigenvalue weighted by molar-refractivity contribution is 6.31. The predicted octanol–water partition coefficient (Wildman–Crippen LogP) is -0.807. The fourth-order valence-corrected chi connectivity index (χ4v) is 2.20. The molecule has 0 aromatic heterocycles. The minimum atomic E-state index is -1.52. The fraction of sp³-hybridized carbons (Fsp3) is 0.727. The van der Waals surface area contributed by atoms with Crippen molar-refractivity contribution in [3.05, 3.63) is 0 Å². The molecule has 0 spiro atoms. The Morgan fingerprint density at radius 3 is 2.26 bits per heavy atom. The molecule has 0 saturated heterocycles. The lowest BCUT2D eigenvalue weighted by Crippen LogP contribution is -2.53. The minimum Gasteiger partial charge on any atom is -0.474 e. The molecule has 2 amide bonds. The molecule has 8 heteroatoms. The summed E-state index contributed by atoms with van der Waals surface area (Å²) in [5, 5.41) is 10.9. The van der Waals surface area contributed by atoms with E-state index in [1.165, 1.54) is 4.90 Å². The second kappa shape index (κ2) is 7.30. The number of carbonyl (C=O) groups excluding carboxylic acids is 2. The molecule has 0 bridgehead atoms. The Hall–Kier alpha value is -1.34. The molecule has 1 rings (SSSR count). The van der Waals surface area contributed by atoms with Crippen LogP contribution in [0.25, 0.3) is 0 Å². The van der Waals surface area contributed by atoms with Crippen LogP contribution in [0, 0.1) is 5.92 Å². The number of rotatable bonds is 2. The van der Waals surface area contributed by atoms with E-state index in [-0.39, 0.29) is 30.3 Å². The number of aliphatic carboxylic acids is 1. The van der Waals surface area contributed by atoms with Crippen molar-refractivity contribution in [2.45, 2.75) is 31.3 Å². The van der Waals surface area contributed by atoms with Gasteiger partial charge in [-0.2, -0.15) is 0 Å². The Morgan fingerprint density at radius 2 is 1.84 bits per heavy atom. The number of carbonyl (C=O) groups is 3. The highest BCUT2D eigenvalue weighted by atomic mass is 35.5. The number of carboxylic acid groups (broad SMARTS) is 1. The van der Waals surface area contributed by atoms with Gasteiger partial charge in [0.2, 0.25) is 5.91 Å². The van der Waals surface area contributed by atoms with Crippen molar-refractivity contribution < 1.29 is 19.5 Å². The Morgan fingerprint density at radius 1 is 1.26 bits per heavy atom. The number of halogens is 1. The summed E-state index contributed by atoms with van der Waals surface area (Å²) in [7, 11) is 3.37. The van der Waals surface area contributed by atoms with Gasteiger partial charge in [0.15, 0.2) is 0 Å². The van der Waals surface area contributed by atoms with Gasteiger partial charge in [-0.05, 0) is 19.3 Å². The van der Waals surface area contributed by atoms with Gasteiger partial charge in [0, 0.05) is 32.1 Å². The first-order chi connectivity index (χ1) is 8.32. The van der Waals surface area contributed by atoms with Gasteiger partial charge in [0.05, 0.1) is 0 Å². The zero-order chi connectivity index (χ0) is 13.9. The van der Waals surface area contributed by atoms with E-state index < -0.39 is 17.9 Å². The third kappa shape index (κ3) is 4.68. The summed E-state index contributed by atoms with van der Waals surface area (Å²) in [6.07, 6.45) is 1.58. The summed E-state index contributed by atoms with van der Waals surface area (Å²) in [5.74, 6) is -2.69. The number of nitrogens with one attached hydrogen (secondary N) is 1. The van der Waals surface area contributed by atoms with Crippen molar-refractivity contribution in [2.75, 3.05) is 14.1 Å². The number of nitrogens with two attached hydrogens (primary N) is 1. The molecule has 4 N–H and O–H groups in total. The number of amides is 2. The SMILES string of the molecule is CN(C)C(=O)[C@H]1CC[C@H](NC(=O)C(=O)O)[C@H](N)C1.Cl. The smallest absolute Gasteiger partial charge is 0.394 e. The molecule has 3 atom stereocenters. The molecule has 0 aliphatic heterocycles. The van der Waals surface area contributed by atoms with E-state index >= 15 is 0 Å². The van der Waals surface area contributed by atoms with Crippen LogP contribution >= 0.6 is 12.4 Å². The number of hydrogen-bond acceptors (Lipinski definition) is 4. The Kier molecular flexibility index (Phi) is 6.78. The van der Waals surface area contributed by atoms with E-state index in [9.17, 15) is 14.4 Å². The molecule has 19 heavy (non-hydrogen) atoms. The molecule has 1 aliphatic carbocycles. The van der Waals surface area contributed by atoms with Crippen LogP contribution in [0.5, 0.6) is 0 Å². The molecule has 0 aromatic rings. The molecular formula is C11H20ClN3O4. The number of hydrogen-bond donors (Lipinski definition) is 3. The van der Waals surface area contributed by atoms with Gasteiger partial charge in [-0.25, -0.2) is 4.79 Å². The summed E-state index contributed by atoms with van der Waals surface area (Å²) in [6.45, 7) is 0. The van der Waals surface area contributed by atoms with Crippen molar-refractivity contribution in [2.24, 2.45) is 11.7 Å². The molecule has 110 valence electrons. The highest BCUT2D eigenvalue weighted by Gasteiger charge is 2.34. The van der Waals surface area contributed by atoms with Gasteiger partial charge in [-0.1, -0.05) is 0 Å². The largest absolute Gasteiger partial charge is 0.474 e. The maximum atomic E-state index is 11.8. The lowest BCUT2D eigenvalue weighted by atomic mass is 9.82. The highest BCUT2D eigenvalue weighted by Crippen LogP contribution is 2.25. The van der Waals surface area contributed by atoms with E-state index in [1.807, 2.05) is 0 Å². The standard InChI is InChI=1S/C11H19N3O4.ClH/c1-14(2)10(16)6-3-4-8(7(12)5-6)13-9(15)11(17)18;/h6-8H,3-5,12H2,1-2H3,(H,13,15)(H,17,18);1H/t6-,7+,8-;/m0./s1. The third-order valence-electron chi connectivity index (χ3n) is 3.20. The van der Waals surface area contributed by atoms with Crippen LogP contribution in [-0.4, -0.2) is 54.0 Å². The third-order valence-corrected chi connectivity index (χ3v) is 3.20. The number of carboxylic acids is 1. The van der Waals surface area contributed by atoms with Crippen LogP contribution in [0.4, 0.5) is 0 Å². The first-order valence-corrected chi connectivity index (χ1v) is 5.83. The van der Waals surface area contributed by atoms with Gasteiger partial charge in [0.25, 0.3) is 0 Å². The first kappa shape index (κ1) is 17.7. The van der Waals surface area contributed by atoms with Crippen molar-refractivity contribution in [1.29, 1.82) is 0 Å². The van der Waals surface area contributed by atoms with Gasteiger partial charge in [-0.3, -0.25) is 9.59 Å². The molecule has 0 heterocycles. The maximum absolute atomic E-state index is 11.8. The van der Waals surface area contributed by atoms with Crippen molar-refractivity contribution >= 4 is 30.2 Å². The first-order valence-electron chi connectivity index (χ1n) is 5.83. The zero-order valence-corrected chi connectivity index (χ0v) is 11.8. The zero-order valence-electron chi connectivity index (χ0n) is 11.0. The van der Waals surface area contributed by atoms with E-state index in [2.05, 4.69) is 5.32 Å². The molecule has 1 saturated carbocycles. The van der Waals surface area contributed by atoms with Crippen LogP contribution in [0.3, 0.4) is 0 Å². The van der Waals surface area contributed by atoms with Crippen LogP contribution < -0.4 is 11.1 Å². The minimum absolute atomic E-state index is 0. The normalized spacial score (nSPS) is 25.9. The topological polar surface area (TPSA) is 113 Å². The monoisotopic (exact) mass is 293 g/mol. The molecule has 1 fully saturated rings. The molecule has 7 nitrogen and oxygen atoms in total. The Balaban J connectivity index is 0.00000324. The van der Waals surface area contributed by atoms with Gasteiger partial charge in [0.1, 0.15) is 0 Å². The van der Waals surface area contributed by atoms with E-state index in [4.69, 9.17) is 10.8 Å². The molecule has 0 unspecified atom stereocenters. The van der Waals surface area contributed by atoms with Crippen molar-refractivity contribution in [3.8, 4) is 0 Å². The van der Waals surface area contributed by atoms with E-state index in [0.717, 1.165) is 0 Å². The quantitative estimate of drug-likeness (QED) is 0.577. The second-order valence-electron chi connectivity index (χ2n) is 4.79. The lowest BCUT2D eigenvalue weighted by Gasteiger charge is -2.34. The molecule has 0 radical (unpaired) electrons. The summed E-state index contributed by atoms with van der Waals surface area (Å²) in [6, 6.07) is -0.768. The summed E-state index contributed by atoms with van der Waals surface area (Å²) < 4.78 is 0. The van der Waals surface area contributed by atoms with Crippen molar-refractivity contribution in [3.63, 3.8) is 0 Å². The summed E-state index contributed by atoms with van der Waals surface area (Å²) in [5.41, 5.74) is 5.88. The average molecular weight is 294 g/mol. The van der Waals surface area contributed by atoms with Gasteiger partial charge >= 0.3 is 11.9 Å². The van der Waals surface area contributed by atoms with Crippen LogP contribution in [0.2, 0.25) is 0 Å².